The molecule has 0 amide bonds. The van der Waals surface area contributed by atoms with Gasteiger partial charge in [-0.2, -0.15) is 4.57 Å². The molecule has 0 saturated carbocycles. The van der Waals surface area contributed by atoms with E-state index in [0.29, 0.717) is 6.42 Å². The molecule has 1 aliphatic rings. The molecule has 0 radical (unpaired) electrons. The molecule has 4 nitrogen and oxygen atoms in total. The molecule has 0 bridgehead atoms. The lowest BCUT2D eigenvalue weighted by Crippen LogP contribution is -2.43. The molecule has 1 aliphatic heterocycles. The fourth-order valence-electron chi connectivity index (χ4n) is 3.74. The van der Waals surface area contributed by atoms with Gasteiger partial charge in [0.2, 0.25) is 0 Å². The Morgan fingerprint density at radius 2 is 1.38 bits per heavy atom. The summed E-state index contributed by atoms with van der Waals surface area (Å²) in [5.74, 6) is 0.794. The predicted molar refractivity (Wildman–Crippen MR) is 113 cm³/mol. The number of hydrogen-bond donors (Lipinski definition) is 1. The first-order valence-electron chi connectivity index (χ1n) is 9.72. The van der Waals surface area contributed by atoms with Gasteiger partial charge in [-0.15, -0.1) is 0 Å². The van der Waals surface area contributed by atoms with Crippen LogP contribution in [-0.4, -0.2) is 16.9 Å². The monoisotopic (exact) mass is 378 g/mol. The summed E-state index contributed by atoms with van der Waals surface area (Å²) in [5.41, 5.74) is 4.66. The second kappa shape index (κ2) is 7.32. The van der Waals surface area contributed by atoms with Crippen molar-refractivity contribution in [3.8, 4) is 22.5 Å². The van der Waals surface area contributed by atoms with Crippen molar-refractivity contribution < 1.29 is 9.36 Å². The highest BCUT2D eigenvalue weighted by atomic mass is 16.2. The lowest BCUT2D eigenvalue weighted by atomic mass is 10.1. The number of carbonyl (C=O) groups excluding carboxylic acids is 1. The van der Waals surface area contributed by atoms with Crippen molar-refractivity contribution in [2.75, 3.05) is 5.32 Å². The highest BCUT2D eigenvalue weighted by Gasteiger charge is 2.41. The maximum atomic E-state index is 13.2. The average molecular weight is 378 g/mol. The Labute approximate surface area is 169 Å². The van der Waals surface area contributed by atoms with Gasteiger partial charge in [0.15, 0.2) is 11.7 Å². The van der Waals surface area contributed by atoms with E-state index in [9.17, 15) is 4.79 Å². The summed E-state index contributed by atoms with van der Waals surface area (Å²) in [7, 11) is 0. The molecule has 1 atom stereocenters. The Hall–Kier alpha value is -3.79. The Morgan fingerprint density at radius 1 is 0.793 bits per heavy atom. The topological polar surface area (TPSA) is 45.9 Å². The molecule has 0 aliphatic carbocycles. The summed E-state index contributed by atoms with van der Waals surface area (Å²) in [6.45, 7) is 0. The normalized spacial score (nSPS) is 15.0. The third-order valence-electron chi connectivity index (χ3n) is 5.19. The number of nitrogens with zero attached hydrogens (tertiary/aromatic N) is 2. The van der Waals surface area contributed by atoms with Gasteiger partial charge in [-0.05, 0) is 5.56 Å². The van der Waals surface area contributed by atoms with Crippen LogP contribution in [0.2, 0.25) is 0 Å². The molecule has 4 heteroatoms. The Morgan fingerprint density at radius 3 is 2.03 bits per heavy atom. The molecule has 140 valence electrons. The summed E-state index contributed by atoms with van der Waals surface area (Å²) >= 11 is 0. The minimum atomic E-state index is -0.312. The zero-order valence-electron chi connectivity index (χ0n) is 15.8. The fourth-order valence-corrected chi connectivity index (χ4v) is 3.74. The molecule has 3 aromatic carbocycles. The van der Waals surface area contributed by atoms with Crippen LogP contribution in [0.25, 0.3) is 22.5 Å². The van der Waals surface area contributed by atoms with Gasteiger partial charge in [-0.1, -0.05) is 91.0 Å². The van der Waals surface area contributed by atoms with Gasteiger partial charge in [-0.3, -0.25) is 5.32 Å². The van der Waals surface area contributed by atoms with Gasteiger partial charge in [0, 0.05) is 17.5 Å². The molecule has 0 spiro atoms. The number of anilines is 1. The minimum Gasteiger partial charge on any atom is -0.257 e. The summed E-state index contributed by atoms with van der Waals surface area (Å²) < 4.78 is 1.73. The Bertz CT molecular complexity index is 1160. The zero-order chi connectivity index (χ0) is 19.6. The number of hydrogen-bond acceptors (Lipinski definition) is 3. The van der Waals surface area contributed by atoms with Crippen molar-refractivity contribution in [3.05, 3.63) is 103 Å². The van der Waals surface area contributed by atoms with E-state index in [0.717, 1.165) is 33.9 Å². The maximum absolute atomic E-state index is 13.2. The number of aromatic nitrogens is 2. The first kappa shape index (κ1) is 17.3. The molecule has 1 aromatic heterocycles. The molecule has 4 aromatic rings. The minimum absolute atomic E-state index is 0.0422. The van der Waals surface area contributed by atoms with Crippen molar-refractivity contribution >= 4 is 11.7 Å². The van der Waals surface area contributed by atoms with Crippen molar-refractivity contribution in [1.29, 1.82) is 0 Å². The van der Waals surface area contributed by atoms with E-state index in [-0.39, 0.29) is 11.9 Å². The van der Waals surface area contributed by atoms with E-state index in [1.54, 1.807) is 4.57 Å². The second-order valence-electron chi connectivity index (χ2n) is 7.15. The van der Waals surface area contributed by atoms with Gasteiger partial charge in [0.1, 0.15) is 11.9 Å². The SMILES string of the molecule is O=C1C(Cc2ccccc2)Nc2c(-c3ccccc3)nc(-c3ccccc3)c[n+]21. The van der Waals surface area contributed by atoms with Crippen LogP contribution < -0.4 is 9.88 Å². The van der Waals surface area contributed by atoms with Crippen LogP contribution in [-0.2, 0) is 6.42 Å². The number of nitrogens with one attached hydrogen (secondary N) is 1. The quantitative estimate of drug-likeness (QED) is 0.536. The van der Waals surface area contributed by atoms with E-state index in [1.165, 1.54) is 0 Å². The third-order valence-corrected chi connectivity index (χ3v) is 5.19. The van der Waals surface area contributed by atoms with Crippen LogP contribution in [0.4, 0.5) is 5.82 Å². The van der Waals surface area contributed by atoms with Crippen LogP contribution in [0.1, 0.15) is 10.4 Å². The largest absolute Gasteiger partial charge is 0.359 e. The van der Waals surface area contributed by atoms with Crippen LogP contribution in [0.5, 0.6) is 0 Å². The Kier molecular flexibility index (Phi) is 4.37. The van der Waals surface area contributed by atoms with E-state index in [2.05, 4.69) is 5.32 Å². The standard InChI is InChI=1S/C25H19N3O/c29-25-21(16-18-10-4-1-5-11-18)27-24-23(20-14-8-3-9-15-20)26-22(17-28(24)25)19-12-6-2-7-13-19/h1-15,17,21H,16H2/p+1. The van der Waals surface area contributed by atoms with Crippen LogP contribution in [0.3, 0.4) is 0 Å². The number of carbonyl (C=O) groups is 1. The maximum Gasteiger partial charge on any atom is 0.359 e. The summed E-state index contributed by atoms with van der Waals surface area (Å²) in [6.07, 6.45) is 2.48. The molecular formula is C25H20N3O+. The van der Waals surface area contributed by atoms with Crippen molar-refractivity contribution in [2.24, 2.45) is 0 Å². The average Bonchev–Trinajstić information content (AvgIpc) is 3.10. The van der Waals surface area contributed by atoms with Crippen LogP contribution in [0.15, 0.2) is 97.2 Å². The zero-order valence-corrected chi connectivity index (χ0v) is 15.8. The van der Waals surface area contributed by atoms with Gasteiger partial charge in [-0.25, -0.2) is 9.78 Å². The lowest BCUT2D eigenvalue weighted by molar-refractivity contribution is -0.551. The van der Waals surface area contributed by atoms with Crippen molar-refractivity contribution in [2.45, 2.75) is 12.5 Å². The molecule has 2 heterocycles. The van der Waals surface area contributed by atoms with E-state index < -0.39 is 0 Å². The molecular weight excluding hydrogens is 358 g/mol. The van der Waals surface area contributed by atoms with Gasteiger partial charge in [0.25, 0.3) is 0 Å². The van der Waals surface area contributed by atoms with Gasteiger partial charge in [0.05, 0.1) is 0 Å². The fraction of sp³-hybridized carbons (Fsp3) is 0.0800. The van der Waals surface area contributed by atoms with Gasteiger partial charge < -0.3 is 0 Å². The first-order valence-corrected chi connectivity index (χ1v) is 9.72. The molecule has 1 N–H and O–H groups in total. The first-order chi connectivity index (χ1) is 14.3. The van der Waals surface area contributed by atoms with E-state index in [4.69, 9.17) is 4.98 Å². The summed E-state index contributed by atoms with van der Waals surface area (Å²) in [5, 5.41) is 3.43. The summed E-state index contributed by atoms with van der Waals surface area (Å²) in [6, 6.07) is 29.7. The Balaban J connectivity index is 1.61. The lowest BCUT2D eigenvalue weighted by Gasteiger charge is -2.07. The van der Waals surface area contributed by atoms with E-state index in [1.807, 2.05) is 97.2 Å². The molecule has 0 saturated heterocycles. The second-order valence-corrected chi connectivity index (χ2v) is 7.15. The predicted octanol–water partition coefficient (Wildman–Crippen LogP) is 4.38. The number of benzene rings is 3. The molecule has 0 fully saturated rings. The van der Waals surface area contributed by atoms with E-state index >= 15 is 0 Å². The molecule has 29 heavy (non-hydrogen) atoms. The van der Waals surface area contributed by atoms with Crippen molar-refractivity contribution in [1.82, 2.24) is 4.98 Å². The summed E-state index contributed by atoms with van der Waals surface area (Å²) in [4.78, 5) is 18.2. The van der Waals surface area contributed by atoms with Crippen LogP contribution in [0, 0.1) is 0 Å². The highest BCUT2D eigenvalue weighted by Crippen LogP contribution is 2.29. The van der Waals surface area contributed by atoms with Crippen molar-refractivity contribution in [3.63, 3.8) is 0 Å². The number of fused-ring (bicyclic) bond motifs is 1. The third kappa shape index (κ3) is 3.29. The highest BCUT2D eigenvalue weighted by molar-refractivity contribution is 5.86. The molecule has 1 unspecified atom stereocenters. The molecule has 5 rings (SSSR count). The number of rotatable bonds is 4. The van der Waals surface area contributed by atoms with Gasteiger partial charge >= 0.3 is 11.7 Å². The smallest absolute Gasteiger partial charge is 0.257 e. The van der Waals surface area contributed by atoms with Crippen LogP contribution >= 0.6 is 0 Å².